The second-order valence-electron chi connectivity index (χ2n) is 4.96. The lowest BCUT2D eigenvalue weighted by Crippen LogP contribution is -2.24. The normalized spacial score (nSPS) is 10.1. The van der Waals surface area contributed by atoms with Crippen molar-refractivity contribution in [2.75, 3.05) is 37.1 Å². The van der Waals surface area contributed by atoms with Gasteiger partial charge < -0.3 is 9.47 Å². The number of urea groups is 1. The van der Waals surface area contributed by atoms with Gasteiger partial charge in [0.05, 0.1) is 38.4 Å². The van der Waals surface area contributed by atoms with Gasteiger partial charge in [-0.25, -0.2) is 13.2 Å². The van der Waals surface area contributed by atoms with Crippen LogP contribution < -0.4 is 19.1 Å². The van der Waals surface area contributed by atoms with Crippen LogP contribution in [0.2, 0.25) is 0 Å². The Morgan fingerprint density at radius 1 is 1.21 bits per heavy atom. The molecule has 15 heteroatoms. The number of anilines is 2. The Balaban J connectivity index is 0.000000308. The van der Waals surface area contributed by atoms with Gasteiger partial charge in [0.25, 0.3) is 0 Å². The number of ether oxygens (including phenoxy) is 2. The van der Waals surface area contributed by atoms with Crippen molar-refractivity contribution in [1.29, 1.82) is 0 Å². The number of hydrogen-bond donors (Lipinski definition) is 1. The quantitative estimate of drug-likeness (QED) is 0.684. The van der Waals surface area contributed by atoms with E-state index in [-0.39, 0.29) is 17.7 Å². The molecule has 0 atom stereocenters. The lowest BCUT2D eigenvalue weighted by molar-refractivity contribution is 0.259. The molecule has 2 amide bonds. The second-order valence-corrected chi connectivity index (χ2v) is 7.59. The van der Waals surface area contributed by atoms with Crippen molar-refractivity contribution in [2.45, 2.75) is 0 Å². The number of methoxy groups -OCH3 is 2. The van der Waals surface area contributed by atoms with Crippen molar-refractivity contribution in [1.82, 2.24) is 15.0 Å². The van der Waals surface area contributed by atoms with Crippen LogP contribution in [0.1, 0.15) is 0 Å². The first-order valence-corrected chi connectivity index (χ1v) is 10.4. The van der Waals surface area contributed by atoms with Gasteiger partial charge in [-0.1, -0.05) is 4.36 Å². The summed E-state index contributed by atoms with van der Waals surface area (Å²) in [5.41, 5.74) is 0.569. The van der Waals surface area contributed by atoms with Crippen LogP contribution in [-0.4, -0.2) is 65.3 Å². The highest BCUT2D eigenvalue weighted by Crippen LogP contribution is 2.17. The minimum Gasteiger partial charge on any atom is -0.481 e. The van der Waals surface area contributed by atoms with Crippen molar-refractivity contribution in [3.8, 4) is 11.8 Å². The predicted molar refractivity (Wildman–Crippen MR) is 103 cm³/mol. The van der Waals surface area contributed by atoms with E-state index in [0.717, 1.165) is 6.26 Å². The number of nitrogens with one attached hydrogen (secondary N) is 1. The third-order valence-corrected chi connectivity index (χ3v) is 4.50. The molecule has 0 aromatic carbocycles. The standard InChI is InChI=1S/C7H8N4O5S.C7H10N2O2S/c1-15-4-3-5(16-2)9-6(8-4)10-7(12)11-17(13)14;1-9(12(2,10)11)7-4-3-5-8-6-7/h3H,1-2H3,(H,8,9,10,12);3-6H,1-2H3. The first-order chi connectivity index (χ1) is 13.6. The maximum Gasteiger partial charge on any atom is 0.362 e. The monoisotopic (exact) mass is 446 g/mol. The number of carbonyl (C=O) groups is 1. The van der Waals surface area contributed by atoms with Gasteiger partial charge in [0.1, 0.15) is 0 Å². The lowest BCUT2D eigenvalue weighted by Gasteiger charge is -2.15. The molecule has 0 unspecified atom stereocenters. The molecule has 2 aromatic heterocycles. The van der Waals surface area contributed by atoms with Crippen LogP contribution in [-0.2, 0) is 20.5 Å². The topological polar surface area (TPSA) is 170 Å². The van der Waals surface area contributed by atoms with Crippen molar-refractivity contribution >= 4 is 38.2 Å². The van der Waals surface area contributed by atoms with Crippen LogP contribution >= 0.6 is 0 Å². The van der Waals surface area contributed by atoms with Crippen molar-refractivity contribution in [2.24, 2.45) is 4.36 Å². The summed E-state index contributed by atoms with van der Waals surface area (Å²) < 4.78 is 55.8. The van der Waals surface area contributed by atoms with Crippen LogP contribution in [0.25, 0.3) is 0 Å². The van der Waals surface area contributed by atoms with E-state index < -0.39 is 26.6 Å². The zero-order chi connectivity index (χ0) is 22.0. The highest BCUT2D eigenvalue weighted by atomic mass is 32.2. The van der Waals surface area contributed by atoms with E-state index in [0.29, 0.717) is 5.69 Å². The van der Waals surface area contributed by atoms with Crippen molar-refractivity contribution in [3.63, 3.8) is 0 Å². The Labute approximate surface area is 168 Å². The lowest BCUT2D eigenvalue weighted by atomic mass is 10.4. The third kappa shape index (κ3) is 8.48. The fourth-order valence-corrected chi connectivity index (χ4v) is 2.26. The summed E-state index contributed by atoms with van der Waals surface area (Å²) >= 11 is 0. The van der Waals surface area contributed by atoms with Crippen LogP contribution in [0.3, 0.4) is 0 Å². The Bertz CT molecular complexity index is 1040. The van der Waals surface area contributed by atoms with Gasteiger partial charge >= 0.3 is 16.5 Å². The summed E-state index contributed by atoms with van der Waals surface area (Å²) in [5, 5.41) is 2.04. The molecule has 0 fully saturated rings. The van der Waals surface area contributed by atoms with Gasteiger partial charge in [-0.3, -0.25) is 14.6 Å². The summed E-state index contributed by atoms with van der Waals surface area (Å²) in [5.74, 6) is 0.117. The van der Waals surface area contributed by atoms with E-state index in [9.17, 15) is 21.6 Å². The number of rotatable bonds is 5. The summed E-state index contributed by atoms with van der Waals surface area (Å²) in [6.45, 7) is 0. The van der Waals surface area contributed by atoms with Crippen LogP contribution in [0, 0.1) is 0 Å². The van der Waals surface area contributed by atoms with E-state index in [4.69, 9.17) is 9.47 Å². The molecule has 0 aliphatic carbocycles. The fourth-order valence-electron chi connectivity index (χ4n) is 1.59. The number of pyridine rings is 1. The average molecular weight is 446 g/mol. The molecule has 0 aliphatic rings. The van der Waals surface area contributed by atoms with E-state index in [1.54, 1.807) is 18.3 Å². The molecule has 0 saturated heterocycles. The Hall–Kier alpha value is -3.33. The zero-order valence-corrected chi connectivity index (χ0v) is 17.4. The maximum atomic E-state index is 11.0. The maximum absolute atomic E-state index is 11.0. The molecule has 2 heterocycles. The predicted octanol–water partition coefficient (Wildman–Crippen LogP) is 0.566. The summed E-state index contributed by atoms with van der Waals surface area (Å²) in [4.78, 5) is 22.3. The molecule has 0 radical (unpaired) electrons. The minimum atomic E-state index is -3.16. The molecule has 2 rings (SSSR count). The number of sulfonamides is 1. The smallest absolute Gasteiger partial charge is 0.362 e. The average Bonchev–Trinajstić information content (AvgIpc) is 2.66. The van der Waals surface area contributed by atoms with Crippen LogP contribution in [0.5, 0.6) is 11.8 Å². The Kier molecular flexibility index (Phi) is 8.88. The van der Waals surface area contributed by atoms with E-state index in [2.05, 4.69) is 19.3 Å². The Morgan fingerprint density at radius 2 is 1.79 bits per heavy atom. The van der Waals surface area contributed by atoms with Crippen molar-refractivity contribution < 1.29 is 31.1 Å². The molecule has 13 nitrogen and oxygen atoms in total. The van der Waals surface area contributed by atoms with Gasteiger partial charge in [-0.15, -0.1) is 0 Å². The molecule has 0 saturated carbocycles. The molecular weight excluding hydrogens is 428 g/mol. The number of nitrogens with zero attached hydrogens (tertiary/aromatic N) is 5. The summed E-state index contributed by atoms with van der Waals surface area (Å²) in [6, 6.07) is 3.65. The minimum absolute atomic E-state index is 0.149. The van der Waals surface area contributed by atoms with E-state index >= 15 is 0 Å². The highest BCUT2D eigenvalue weighted by Gasteiger charge is 2.10. The molecule has 0 aliphatic heterocycles. The van der Waals surface area contributed by atoms with Gasteiger partial charge in [0.15, 0.2) is 0 Å². The van der Waals surface area contributed by atoms with Gasteiger partial charge in [0.2, 0.25) is 27.7 Å². The molecular formula is C14H18N6O7S2. The van der Waals surface area contributed by atoms with Gasteiger partial charge in [0, 0.05) is 13.2 Å². The first-order valence-electron chi connectivity index (χ1n) is 7.50. The SMILES string of the molecule is CN(c1cccnc1)S(C)(=O)=O.COc1cc(OC)nc(NC(=O)N=S(=O)=O)n1. The zero-order valence-electron chi connectivity index (χ0n) is 15.8. The fraction of sp³-hybridized carbons (Fsp3) is 0.286. The number of amides is 2. The van der Waals surface area contributed by atoms with Gasteiger partial charge in [-0.05, 0) is 12.1 Å². The first kappa shape index (κ1) is 23.7. The van der Waals surface area contributed by atoms with Crippen LogP contribution in [0.15, 0.2) is 35.0 Å². The number of hydrogen-bond acceptors (Lipinski definition) is 10. The van der Waals surface area contributed by atoms with Gasteiger partial charge in [-0.2, -0.15) is 18.4 Å². The summed E-state index contributed by atoms with van der Waals surface area (Å²) in [7, 11) is -1.78. The third-order valence-electron chi connectivity index (χ3n) is 2.98. The number of aromatic nitrogens is 3. The van der Waals surface area contributed by atoms with Crippen LogP contribution in [0.4, 0.5) is 16.4 Å². The number of carbonyl (C=O) groups excluding carboxylic acids is 1. The molecule has 0 bridgehead atoms. The highest BCUT2D eigenvalue weighted by molar-refractivity contribution is 7.92. The van der Waals surface area contributed by atoms with Crippen molar-refractivity contribution in [3.05, 3.63) is 30.6 Å². The second kappa shape index (κ2) is 10.9. The largest absolute Gasteiger partial charge is 0.481 e. The van der Waals surface area contributed by atoms with E-state index in [1.807, 2.05) is 5.32 Å². The Morgan fingerprint density at radius 3 is 2.21 bits per heavy atom. The summed E-state index contributed by atoms with van der Waals surface area (Å²) in [6.07, 6.45) is 4.25. The molecule has 158 valence electrons. The van der Waals surface area contributed by atoms with E-state index in [1.165, 1.54) is 37.8 Å². The molecule has 1 N–H and O–H groups in total. The molecule has 0 spiro atoms. The molecule has 29 heavy (non-hydrogen) atoms. The molecule has 2 aromatic rings.